The Labute approximate surface area is 211 Å². The first-order valence-electron chi connectivity index (χ1n) is 12.0. The summed E-state index contributed by atoms with van der Waals surface area (Å²) < 4.78 is 41.0. The van der Waals surface area contributed by atoms with Crippen LogP contribution in [-0.2, 0) is 17.8 Å². The van der Waals surface area contributed by atoms with Gasteiger partial charge in [0.1, 0.15) is 5.82 Å². The molecule has 3 amide bonds. The predicted molar refractivity (Wildman–Crippen MR) is 129 cm³/mol. The third-order valence-corrected chi connectivity index (χ3v) is 8.37. The zero-order valence-corrected chi connectivity index (χ0v) is 20.3. The Morgan fingerprint density at radius 1 is 1.03 bits per heavy atom. The molecule has 190 valence electrons. The number of halogens is 3. The molecule has 6 nitrogen and oxygen atoms in total. The SMILES string of the molecule is N[C@H](Cc1cc(F)c(F)cc1F)[C@@H]1C[C@H]2CC[C@@H](C1)N2C(=O)c1cccc(CN2C(=O)CSC2=O)c1. The number of carbonyl (C=O) groups is 3. The number of amides is 3. The highest BCUT2D eigenvalue weighted by Gasteiger charge is 2.44. The van der Waals surface area contributed by atoms with E-state index in [-0.39, 0.29) is 59.3 Å². The summed E-state index contributed by atoms with van der Waals surface area (Å²) in [7, 11) is 0. The van der Waals surface area contributed by atoms with Crippen LogP contribution in [0.2, 0.25) is 0 Å². The molecule has 4 atom stereocenters. The van der Waals surface area contributed by atoms with Gasteiger partial charge in [-0.1, -0.05) is 23.9 Å². The van der Waals surface area contributed by atoms with Crippen molar-refractivity contribution in [2.75, 3.05) is 5.75 Å². The molecule has 3 aliphatic rings. The van der Waals surface area contributed by atoms with E-state index in [4.69, 9.17) is 5.73 Å². The lowest BCUT2D eigenvalue weighted by molar-refractivity contribution is -0.125. The largest absolute Gasteiger partial charge is 0.333 e. The van der Waals surface area contributed by atoms with Gasteiger partial charge in [-0.15, -0.1) is 0 Å². The molecule has 3 fully saturated rings. The van der Waals surface area contributed by atoms with Crippen LogP contribution in [0.1, 0.15) is 47.2 Å². The Morgan fingerprint density at radius 3 is 2.39 bits per heavy atom. The third kappa shape index (κ3) is 4.76. The Morgan fingerprint density at radius 2 is 1.72 bits per heavy atom. The first kappa shape index (κ1) is 24.8. The Hall–Kier alpha value is -2.85. The quantitative estimate of drug-likeness (QED) is 0.580. The van der Waals surface area contributed by atoms with Gasteiger partial charge in [0.2, 0.25) is 5.91 Å². The zero-order chi connectivity index (χ0) is 25.6. The molecular weight excluding hydrogens is 491 g/mol. The minimum atomic E-state index is -1.23. The fraction of sp³-hybridized carbons (Fsp3) is 0.423. The summed E-state index contributed by atoms with van der Waals surface area (Å²) >= 11 is 0.976. The first-order valence-corrected chi connectivity index (χ1v) is 13.0. The van der Waals surface area contributed by atoms with Crippen molar-refractivity contribution in [3.05, 3.63) is 70.5 Å². The van der Waals surface area contributed by atoms with Gasteiger partial charge in [-0.3, -0.25) is 19.3 Å². The predicted octanol–water partition coefficient (Wildman–Crippen LogP) is 4.25. The molecule has 0 unspecified atom stereocenters. The van der Waals surface area contributed by atoms with Crippen LogP contribution in [0.5, 0.6) is 0 Å². The molecule has 0 saturated carbocycles. The van der Waals surface area contributed by atoms with Gasteiger partial charge < -0.3 is 10.6 Å². The highest BCUT2D eigenvalue weighted by Crippen LogP contribution is 2.41. The number of hydrogen-bond donors (Lipinski definition) is 1. The molecular formula is C26H26F3N3O3S. The lowest BCUT2D eigenvalue weighted by Gasteiger charge is -2.41. The van der Waals surface area contributed by atoms with E-state index in [2.05, 4.69) is 0 Å². The van der Waals surface area contributed by atoms with Crippen molar-refractivity contribution in [1.29, 1.82) is 0 Å². The van der Waals surface area contributed by atoms with Crippen molar-refractivity contribution >= 4 is 28.8 Å². The van der Waals surface area contributed by atoms with Crippen LogP contribution in [0.15, 0.2) is 36.4 Å². The molecule has 2 N–H and O–H groups in total. The Balaban J connectivity index is 1.26. The Kier molecular flexibility index (Phi) is 6.82. The van der Waals surface area contributed by atoms with Crippen LogP contribution < -0.4 is 5.73 Å². The average Bonchev–Trinajstić information content (AvgIpc) is 3.30. The van der Waals surface area contributed by atoms with E-state index in [1.165, 1.54) is 4.90 Å². The summed E-state index contributed by atoms with van der Waals surface area (Å²) in [5, 5.41) is -0.281. The van der Waals surface area contributed by atoms with Gasteiger partial charge >= 0.3 is 0 Å². The van der Waals surface area contributed by atoms with Crippen LogP contribution in [-0.4, -0.2) is 50.7 Å². The maximum atomic E-state index is 14.1. The number of rotatable bonds is 6. The number of nitrogens with two attached hydrogens (primary N) is 1. The monoisotopic (exact) mass is 517 g/mol. The Bertz CT molecular complexity index is 1200. The molecule has 3 aliphatic heterocycles. The number of imide groups is 1. The van der Waals surface area contributed by atoms with Crippen molar-refractivity contribution in [2.24, 2.45) is 11.7 Å². The molecule has 0 aromatic heterocycles. The first-order chi connectivity index (χ1) is 17.2. The van der Waals surface area contributed by atoms with E-state index in [1.54, 1.807) is 24.3 Å². The van der Waals surface area contributed by atoms with Gasteiger partial charge in [-0.2, -0.15) is 0 Å². The van der Waals surface area contributed by atoms with Gasteiger partial charge in [0.25, 0.3) is 11.1 Å². The maximum Gasteiger partial charge on any atom is 0.289 e. The second-order valence-corrected chi connectivity index (χ2v) is 10.7. The number of nitrogens with zero attached hydrogens (tertiary/aromatic N) is 2. The van der Waals surface area contributed by atoms with E-state index in [9.17, 15) is 27.6 Å². The summed E-state index contributed by atoms with van der Waals surface area (Å²) in [5.41, 5.74) is 7.66. The lowest BCUT2D eigenvalue weighted by atomic mass is 9.82. The molecule has 2 bridgehead atoms. The molecule has 3 saturated heterocycles. The van der Waals surface area contributed by atoms with Crippen molar-refractivity contribution in [3.8, 4) is 0 Å². The van der Waals surface area contributed by atoms with Crippen molar-refractivity contribution in [1.82, 2.24) is 9.80 Å². The van der Waals surface area contributed by atoms with Gasteiger partial charge in [0.15, 0.2) is 11.6 Å². The number of piperidine rings is 1. The van der Waals surface area contributed by atoms with Gasteiger partial charge in [-0.25, -0.2) is 13.2 Å². The normalized spacial score (nSPS) is 24.5. The van der Waals surface area contributed by atoms with Crippen molar-refractivity contribution in [2.45, 2.75) is 56.8 Å². The second-order valence-electron chi connectivity index (χ2n) is 9.79. The minimum absolute atomic E-state index is 0.0103. The zero-order valence-electron chi connectivity index (χ0n) is 19.5. The van der Waals surface area contributed by atoms with Crippen LogP contribution in [0.4, 0.5) is 18.0 Å². The highest BCUT2D eigenvalue weighted by molar-refractivity contribution is 8.14. The minimum Gasteiger partial charge on any atom is -0.333 e. The van der Waals surface area contributed by atoms with Crippen LogP contribution in [0.3, 0.4) is 0 Å². The number of fused-ring (bicyclic) bond motifs is 2. The molecule has 0 spiro atoms. The third-order valence-electron chi connectivity index (χ3n) is 7.51. The van der Waals surface area contributed by atoms with Crippen LogP contribution in [0.25, 0.3) is 0 Å². The molecule has 2 aromatic rings. The average molecular weight is 518 g/mol. The van der Waals surface area contributed by atoms with Crippen molar-refractivity contribution < 1.29 is 27.6 Å². The summed E-state index contributed by atoms with van der Waals surface area (Å²) in [6.45, 7) is 0.135. The molecule has 3 heterocycles. The van der Waals surface area contributed by atoms with Gasteiger partial charge in [0, 0.05) is 29.8 Å². The number of thioether (sulfide) groups is 1. The summed E-state index contributed by atoms with van der Waals surface area (Å²) in [5.74, 6) is -3.31. The van der Waals surface area contributed by atoms with Crippen molar-refractivity contribution in [3.63, 3.8) is 0 Å². The topological polar surface area (TPSA) is 83.7 Å². The highest BCUT2D eigenvalue weighted by atomic mass is 32.2. The molecule has 5 rings (SSSR count). The summed E-state index contributed by atoms with van der Waals surface area (Å²) in [6.07, 6.45) is 3.08. The summed E-state index contributed by atoms with van der Waals surface area (Å²) in [4.78, 5) is 40.4. The standard InChI is InChI=1S/C26H26F3N3O3S/c27-20-11-22(29)21(28)9-16(20)10-23(30)17-7-18-4-5-19(8-17)32(18)25(34)15-3-1-2-14(6-15)12-31-24(33)13-36-26(31)35/h1-3,6,9,11,17-19,23H,4-5,7-8,10,12-13,30H2/t17-,18-,19+,23-/m1/s1. The summed E-state index contributed by atoms with van der Waals surface area (Å²) in [6, 6.07) is 7.96. The van der Waals surface area contributed by atoms with Gasteiger partial charge in [-0.05, 0) is 67.3 Å². The van der Waals surface area contributed by atoms with Gasteiger partial charge in [0.05, 0.1) is 12.3 Å². The van der Waals surface area contributed by atoms with E-state index in [0.29, 0.717) is 30.0 Å². The maximum absolute atomic E-state index is 14.1. The molecule has 36 heavy (non-hydrogen) atoms. The number of carbonyl (C=O) groups excluding carboxylic acids is 3. The second kappa shape index (κ2) is 9.89. The smallest absolute Gasteiger partial charge is 0.289 e. The number of benzene rings is 2. The van der Waals surface area contributed by atoms with Crippen LogP contribution >= 0.6 is 11.8 Å². The lowest BCUT2D eigenvalue weighted by Crippen LogP contribution is -2.50. The molecule has 0 radical (unpaired) electrons. The van der Waals surface area contributed by atoms with E-state index >= 15 is 0 Å². The molecule has 0 aliphatic carbocycles. The fourth-order valence-corrected chi connectivity index (χ4v) is 6.43. The molecule has 10 heteroatoms. The number of hydrogen-bond acceptors (Lipinski definition) is 5. The van der Waals surface area contributed by atoms with E-state index in [0.717, 1.165) is 30.7 Å². The van der Waals surface area contributed by atoms with Crippen LogP contribution in [0, 0.1) is 23.4 Å². The van der Waals surface area contributed by atoms with E-state index < -0.39 is 23.5 Å². The fourth-order valence-electron chi connectivity index (χ4n) is 5.71. The molecule has 2 aromatic carbocycles. The van der Waals surface area contributed by atoms with E-state index in [1.807, 2.05) is 4.90 Å².